The molecule has 0 radical (unpaired) electrons. The van der Waals surface area contributed by atoms with Crippen molar-refractivity contribution in [1.29, 1.82) is 0 Å². The van der Waals surface area contributed by atoms with Gasteiger partial charge in [-0.2, -0.15) is 0 Å². The van der Waals surface area contributed by atoms with Crippen LogP contribution in [0.4, 0.5) is 11.5 Å². The van der Waals surface area contributed by atoms with E-state index in [9.17, 15) is 10.1 Å². The molecule has 0 aliphatic carbocycles. The number of likely N-dealkylation sites (tertiary alicyclic amines) is 1. The molecule has 0 unspecified atom stereocenters. The molecule has 1 aliphatic heterocycles. The van der Waals surface area contributed by atoms with Gasteiger partial charge in [0.05, 0.1) is 5.69 Å². The molecule has 1 aromatic rings. The molecule has 1 N–H and O–H groups in total. The third kappa shape index (κ3) is 3.89. The highest BCUT2D eigenvalue weighted by Gasteiger charge is 2.17. The van der Waals surface area contributed by atoms with Crippen LogP contribution in [0.3, 0.4) is 0 Å². The van der Waals surface area contributed by atoms with Gasteiger partial charge < -0.3 is 20.3 Å². The highest BCUT2D eigenvalue weighted by molar-refractivity contribution is 5.43. The first-order chi connectivity index (χ1) is 9.19. The Bertz CT molecular complexity index is 413. The minimum absolute atomic E-state index is 0.109. The fourth-order valence-corrected chi connectivity index (χ4v) is 2.37. The minimum Gasteiger partial charge on any atom is -0.382 e. The lowest BCUT2D eigenvalue weighted by Gasteiger charge is -2.31. The van der Waals surface area contributed by atoms with Gasteiger partial charge in [-0.3, -0.25) is 0 Å². The normalized spacial score (nSPS) is 17.3. The molecule has 2 rings (SSSR count). The van der Waals surface area contributed by atoms with Crippen molar-refractivity contribution in [2.24, 2.45) is 5.92 Å². The smallest absolute Gasteiger partial charge is 0.363 e. The Morgan fingerprint density at radius 1 is 1.47 bits per heavy atom. The van der Waals surface area contributed by atoms with E-state index < -0.39 is 4.92 Å². The summed E-state index contributed by atoms with van der Waals surface area (Å²) in [4.78, 5) is 16.3. The average molecular weight is 264 g/mol. The van der Waals surface area contributed by atoms with Gasteiger partial charge in [-0.25, -0.2) is 0 Å². The summed E-state index contributed by atoms with van der Waals surface area (Å²) in [6.07, 6.45) is 3.95. The van der Waals surface area contributed by atoms with Gasteiger partial charge in [-0.15, -0.1) is 0 Å². The fraction of sp³-hybridized carbons (Fsp3) is 0.615. The molecule has 1 aliphatic rings. The van der Waals surface area contributed by atoms with E-state index in [1.807, 2.05) is 0 Å². The Morgan fingerprint density at radius 2 is 2.21 bits per heavy atom. The molecular weight excluding hydrogens is 244 g/mol. The lowest BCUT2D eigenvalue weighted by molar-refractivity contribution is -0.389. The Morgan fingerprint density at radius 3 is 2.74 bits per heavy atom. The number of aromatic nitrogens is 1. The molecule has 0 atom stereocenters. The third-order valence-electron chi connectivity index (χ3n) is 3.68. The van der Waals surface area contributed by atoms with Crippen LogP contribution in [0.25, 0.3) is 0 Å². The van der Waals surface area contributed by atoms with Gasteiger partial charge in [0.25, 0.3) is 0 Å². The van der Waals surface area contributed by atoms with Crippen LogP contribution in [0.15, 0.2) is 18.3 Å². The van der Waals surface area contributed by atoms with Crippen molar-refractivity contribution in [1.82, 2.24) is 9.88 Å². The van der Waals surface area contributed by atoms with E-state index in [4.69, 9.17) is 0 Å². The molecule has 1 aromatic heterocycles. The van der Waals surface area contributed by atoms with Gasteiger partial charge in [0, 0.05) is 12.6 Å². The van der Waals surface area contributed by atoms with Crippen LogP contribution in [-0.4, -0.2) is 41.0 Å². The van der Waals surface area contributed by atoms with E-state index in [1.54, 1.807) is 6.07 Å². The molecule has 6 heteroatoms. The molecule has 1 saturated heterocycles. The molecule has 0 amide bonds. The summed E-state index contributed by atoms with van der Waals surface area (Å²) in [7, 11) is 0. The van der Waals surface area contributed by atoms with Gasteiger partial charge in [0.2, 0.25) is 0 Å². The average Bonchev–Trinajstić information content (AvgIpc) is 2.46. The quantitative estimate of drug-likeness (QED) is 0.651. The summed E-state index contributed by atoms with van der Waals surface area (Å²) in [6.45, 7) is 6.58. The summed E-state index contributed by atoms with van der Waals surface area (Å²) in [5.74, 6) is 0.569. The zero-order valence-electron chi connectivity index (χ0n) is 11.2. The molecule has 1 fully saturated rings. The summed E-state index contributed by atoms with van der Waals surface area (Å²) in [5.41, 5.74) is 0.850. The van der Waals surface area contributed by atoms with E-state index >= 15 is 0 Å². The van der Waals surface area contributed by atoms with E-state index in [1.165, 1.54) is 38.2 Å². The molecule has 6 nitrogen and oxygen atoms in total. The second-order valence-electron chi connectivity index (χ2n) is 4.92. The van der Waals surface area contributed by atoms with Crippen LogP contribution in [0.1, 0.15) is 19.8 Å². The maximum atomic E-state index is 10.5. The molecule has 0 bridgehead atoms. The second kappa shape index (κ2) is 6.47. The van der Waals surface area contributed by atoms with Gasteiger partial charge >= 0.3 is 5.82 Å². The number of hydrogen-bond acceptors (Lipinski definition) is 5. The van der Waals surface area contributed by atoms with Crippen LogP contribution in [0.2, 0.25) is 0 Å². The first-order valence-electron chi connectivity index (χ1n) is 6.75. The molecule has 19 heavy (non-hydrogen) atoms. The lowest BCUT2D eigenvalue weighted by atomic mass is 9.97. The van der Waals surface area contributed by atoms with Gasteiger partial charge in [-0.1, -0.05) is 6.92 Å². The topological polar surface area (TPSA) is 71.3 Å². The Kier molecular flexibility index (Phi) is 4.68. The predicted octanol–water partition coefficient (Wildman–Crippen LogP) is 2.13. The number of piperidine rings is 1. The number of anilines is 1. The number of nitrogens with zero attached hydrogens (tertiary/aromatic N) is 3. The standard InChI is InChI=1S/C13H20N4O2/c1-2-16-7-5-11(6-8-16)9-14-12-3-4-13(15-10-12)17(18)19/h3-4,10-11,14H,2,5-9H2,1H3. The number of nitro groups is 1. The van der Waals surface area contributed by atoms with Crippen molar-refractivity contribution in [2.45, 2.75) is 19.8 Å². The molecule has 0 aromatic carbocycles. The third-order valence-corrected chi connectivity index (χ3v) is 3.68. The number of pyridine rings is 1. The van der Waals surface area contributed by atoms with E-state index in [0.717, 1.165) is 18.8 Å². The Hall–Kier alpha value is -1.69. The molecule has 104 valence electrons. The Balaban J connectivity index is 1.78. The van der Waals surface area contributed by atoms with Crippen molar-refractivity contribution in [3.05, 3.63) is 28.4 Å². The van der Waals surface area contributed by atoms with Gasteiger partial charge in [0.15, 0.2) is 6.20 Å². The molecular formula is C13H20N4O2. The highest BCUT2D eigenvalue weighted by atomic mass is 16.6. The SMILES string of the molecule is CCN1CCC(CNc2ccc([N+](=O)[O-])nc2)CC1. The monoisotopic (exact) mass is 264 g/mol. The molecule has 2 heterocycles. The van der Waals surface area contributed by atoms with Crippen LogP contribution < -0.4 is 5.32 Å². The van der Waals surface area contributed by atoms with E-state index in [0.29, 0.717) is 5.92 Å². The van der Waals surface area contributed by atoms with Crippen LogP contribution in [0.5, 0.6) is 0 Å². The van der Waals surface area contributed by atoms with Gasteiger partial charge in [0.1, 0.15) is 0 Å². The van der Waals surface area contributed by atoms with Crippen molar-refractivity contribution >= 4 is 11.5 Å². The van der Waals surface area contributed by atoms with Crippen LogP contribution in [-0.2, 0) is 0 Å². The number of hydrogen-bond donors (Lipinski definition) is 1. The van der Waals surface area contributed by atoms with Gasteiger partial charge in [-0.05, 0) is 54.4 Å². The number of rotatable bonds is 5. The van der Waals surface area contributed by atoms with Crippen molar-refractivity contribution < 1.29 is 4.92 Å². The second-order valence-corrected chi connectivity index (χ2v) is 4.92. The maximum absolute atomic E-state index is 10.5. The minimum atomic E-state index is -0.482. The van der Waals surface area contributed by atoms with Crippen LogP contribution in [0, 0.1) is 16.0 Å². The zero-order chi connectivity index (χ0) is 13.7. The summed E-state index contributed by atoms with van der Waals surface area (Å²) < 4.78 is 0. The summed E-state index contributed by atoms with van der Waals surface area (Å²) in [5, 5.41) is 13.8. The zero-order valence-corrected chi connectivity index (χ0v) is 11.2. The Labute approximate surface area is 113 Å². The van der Waals surface area contributed by atoms with Crippen molar-refractivity contribution in [2.75, 3.05) is 31.5 Å². The molecule has 0 saturated carbocycles. The van der Waals surface area contributed by atoms with Crippen molar-refractivity contribution in [3.8, 4) is 0 Å². The predicted molar refractivity (Wildman–Crippen MR) is 74.2 cm³/mol. The highest BCUT2D eigenvalue weighted by Crippen LogP contribution is 2.18. The first kappa shape index (κ1) is 13.7. The van der Waals surface area contributed by atoms with Crippen molar-refractivity contribution in [3.63, 3.8) is 0 Å². The largest absolute Gasteiger partial charge is 0.382 e. The maximum Gasteiger partial charge on any atom is 0.363 e. The van der Waals surface area contributed by atoms with Crippen LogP contribution >= 0.6 is 0 Å². The van der Waals surface area contributed by atoms with E-state index in [2.05, 4.69) is 22.1 Å². The summed E-state index contributed by atoms with van der Waals surface area (Å²) in [6, 6.07) is 3.15. The number of nitrogens with one attached hydrogen (secondary N) is 1. The lowest BCUT2D eigenvalue weighted by Crippen LogP contribution is -2.35. The van der Waals surface area contributed by atoms with E-state index in [-0.39, 0.29) is 5.82 Å². The first-order valence-corrected chi connectivity index (χ1v) is 6.75. The molecule has 0 spiro atoms. The fourth-order valence-electron chi connectivity index (χ4n) is 2.37. The summed E-state index contributed by atoms with van der Waals surface area (Å²) >= 11 is 0.